The highest BCUT2D eigenvalue weighted by atomic mass is 32.2. The van der Waals surface area contributed by atoms with Gasteiger partial charge >= 0.3 is 5.00 Å². The number of aliphatic hydroxyl groups is 1. The van der Waals surface area contributed by atoms with Crippen LogP contribution in [-0.4, -0.2) is 27.5 Å². The molecule has 0 fully saturated rings. The van der Waals surface area contributed by atoms with Crippen LogP contribution in [0, 0.1) is 17.0 Å². The fourth-order valence-electron chi connectivity index (χ4n) is 2.62. The molecule has 30 heavy (non-hydrogen) atoms. The van der Waals surface area contributed by atoms with Gasteiger partial charge in [-0.25, -0.2) is 4.98 Å². The second kappa shape index (κ2) is 10.2. The quantitative estimate of drug-likeness (QED) is 0.287. The first kappa shape index (κ1) is 21.8. The van der Waals surface area contributed by atoms with Crippen LogP contribution in [0.15, 0.2) is 54.0 Å². The molecule has 2 aromatic heterocycles. The Kier molecular flexibility index (Phi) is 7.39. The van der Waals surface area contributed by atoms with Crippen LogP contribution in [0.1, 0.15) is 21.9 Å². The molecular weight excluding hydrogens is 426 g/mol. The molecular formula is C20H19N3O5S2. The zero-order chi connectivity index (χ0) is 21.5. The van der Waals surface area contributed by atoms with Crippen molar-refractivity contribution in [3.8, 4) is 5.75 Å². The van der Waals surface area contributed by atoms with Crippen molar-refractivity contribution in [1.29, 1.82) is 0 Å². The smallest absolute Gasteiger partial charge is 0.328 e. The lowest BCUT2D eigenvalue weighted by Crippen LogP contribution is -2.16. The minimum Gasteiger partial charge on any atom is -0.425 e. The molecule has 1 unspecified atom stereocenters. The van der Waals surface area contributed by atoms with Gasteiger partial charge < -0.3 is 14.6 Å². The van der Waals surface area contributed by atoms with Crippen molar-refractivity contribution in [2.75, 3.05) is 11.9 Å². The number of amides is 1. The maximum atomic E-state index is 11.4. The van der Waals surface area contributed by atoms with Crippen molar-refractivity contribution < 1.29 is 19.0 Å². The van der Waals surface area contributed by atoms with Crippen molar-refractivity contribution in [2.45, 2.75) is 18.6 Å². The number of pyridine rings is 1. The van der Waals surface area contributed by atoms with Crippen molar-refractivity contribution in [2.24, 2.45) is 0 Å². The zero-order valence-electron chi connectivity index (χ0n) is 16.0. The predicted octanol–water partition coefficient (Wildman–Crippen LogP) is 4.30. The number of rotatable bonds is 9. The summed E-state index contributed by atoms with van der Waals surface area (Å²) in [5.41, 5.74) is 2.51. The van der Waals surface area contributed by atoms with E-state index in [0.717, 1.165) is 34.5 Å². The number of nitro groups is 1. The molecule has 0 saturated carbocycles. The lowest BCUT2D eigenvalue weighted by molar-refractivity contribution is -0.380. The molecule has 0 aliphatic carbocycles. The average molecular weight is 446 g/mol. The standard InChI is InChI=1S/C20H19N3O5S2/c1-13-2-5-15(6-3-13)28-30-17(16-8-9-29-20(16)23(26)27)10-14-4-7-18(21-11-14)22-19(25)12-24/h2-9,11,17,24H,10,12H2,1H3,(H,21,22,25). The third-order valence-corrected chi connectivity index (χ3v) is 5.95. The van der Waals surface area contributed by atoms with E-state index in [0.29, 0.717) is 23.6 Å². The molecule has 1 atom stereocenters. The second-order valence-corrected chi connectivity index (χ2v) is 8.20. The Labute approximate surface area is 181 Å². The highest BCUT2D eigenvalue weighted by Crippen LogP contribution is 2.41. The molecule has 1 amide bonds. The van der Waals surface area contributed by atoms with Gasteiger partial charge in [-0.2, -0.15) is 0 Å². The van der Waals surface area contributed by atoms with Crippen LogP contribution in [0.25, 0.3) is 0 Å². The van der Waals surface area contributed by atoms with Crippen molar-refractivity contribution in [1.82, 2.24) is 4.98 Å². The van der Waals surface area contributed by atoms with Crippen LogP contribution in [0.5, 0.6) is 5.75 Å². The number of hydrogen-bond acceptors (Lipinski definition) is 8. The van der Waals surface area contributed by atoms with Crippen LogP contribution in [0.3, 0.4) is 0 Å². The number of nitrogens with one attached hydrogen (secondary N) is 1. The number of benzene rings is 1. The summed E-state index contributed by atoms with van der Waals surface area (Å²) in [6, 6.07) is 12.7. The van der Waals surface area contributed by atoms with Crippen LogP contribution in [-0.2, 0) is 11.2 Å². The predicted molar refractivity (Wildman–Crippen MR) is 117 cm³/mol. The number of anilines is 1. The summed E-state index contributed by atoms with van der Waals surface area (Å²) >= 11 is 2.23. The number of carbonyl (C=O) groups excluding carboxylic acids is 1. The average Bonchev–Trinajstić information content (AvgIpc) is 3.23. The molecule has 0 radical (unpaired) electrons. The first-order chi connectivity index (χ1) is 14.5. The molecule has 0 spiro atoms. The molecule has 1 aromatic carbocycles. The highest BCUT2D eigenvalue weighted by Gasteiger charge is 2.26. The topological polar surface area (TPSA) is 115 Å². The largest absolute Gasteiger partial charge is 0.425 e. The van der Waals surface area contributed by atoms with Gasteiger partial charge in [0.25, 0.3) is 5.91 Å². The number of aryl methyl sites for hydroxylation is 1. The van der Waals surface area contributed by atoms with Gasteiger partial charge in [0.1, 0.15) is 18.2 Å². The van der Waals surface area contributed by atoms with Gasteiger partial charge in [0.15, 0.2) is 0 Å². The number of aliphatic hydroxyl groups excluding tert-OH is 1. The number of aromatic nitrogens is 1. The van der Waals surface area contributed by atoms with E-state index in [1.165, 1.54) is 0 Å². The lowest BCUT2D eigenvalue weighted by atomic mass is 10.1. The highest BCUT2D eigenvalue weighted by molar-refractivity contribution is 7.95. The number of nitrogens with zero attached hydrogens (tertiary/aromatic N) is 2. The molecule has 10 heteroatoms. The normalized spacial score (nSPS) is 11.7. The van der Waals surface area contributed by atoms with Gasteiger partial charge in [-0.3, -0.25) is 14.9 Å². The molecule has 0 saturated heterocycles. The first-order valence-electron chi connectivity index (χ1n) is 8.93. The fourth-order valence-corrected chi connectivity index (χ4v) is 4.37. The van der Waals surface area contributed by atoms with E-state index in [1.807, 2.05) is 31.2 Å². The van der Waals surface area contributed by atoms with Crippen molar-refractivity contribution in [3.05, 3.63) is 80.8 Å². The minimum atomic E-state index is -0.625. The summed E-state index contributed by atoms with van der Waals surface area (Å²) in [6.45, 7) is 1.36. The number of hydrogen-bond donors (Lipinski definition) is 2. The Morgan fingerprint density at radius 1 is 1.30 bits per heavy atom. The molecule has 3 aromatic rings. The van der Waals surface area contributed by atoms with Gasteiger partial charge in [0, 0.05) is 6.20 Å². The molecule has 3 rings (SSSR count). The minimum absolute atomic E-state index is 0.0831. The zero-order valence-corrected chi connectivity index (χ0v) is 17.6. The monoisotopic (exact) mass is 445 g/mol. The summed E-state index contributed by atoms with van der Waals surface area (Å²) in [5.74, 6) is 0.428. The van der Waals surface area contributed by atoms with E-state index >= 15 is 0 Å². The Morgan fingerprint density at radius 2 is 2.07 bits per heavy atom. The van der Waals surface area contributed by atoms with E-state index in [1.54, 1.807) is 29.8 Å². The van der Waals surface area contributed by atoms with Crippen LogP contribution >= 0.6 is 23.4 Å². The van der Waals surface area contributed by atoms with Crippen molar-refractivity contribution in [3.63, 3.8) is 0 Å². The Balaban J connectivity index is 1.78. The maximum Gasteiger partial charge on any atom is 0.328 e. The molecule has 0 aliphatic rings. The summed E-state index contributed by atoms with van der Waals surface area (Å²) < 4.78 is 5.84. The number of carbonyl (C=O) groups is 1. The SMILES string of the molecule is Cc1ccc(OSC(Cc2ccc(NC(=O)CO)nc2)c2ccsc2[N+](=O)[O-])cc1. The Hall–Kier alpha value is -2.95. The molecule has 2 N–H and O–H groups in total. The fraction of sp³-hybridized carbons (Fsp3) is 0.200. The van der Waals surface area contributed by atoms with Crippen LogP contribution in [0.4, 0.5) is 10.8 Å². The molecule has 8 nitrogen and oxygen atoms in total. The van der Waals surface area contributed by atoms with Crippen molar-refractivity contribution >= 4 is 40.1 Å². The Morgan fingerprint density at radius 3 is 2.70 bits per heavy atom. The van der Waals surface area contributed by atoms with E-state index in [-0.39, 0.29) is 15.2 Å². The maximum absolute atomic E-state index is 11.4. The lowest BCUT2D eigenvalue weighted by Gasteiger charge is -2.15. The summed E-state index contributed by atoms with van der Waals surface area (Å²) in [4.78, 5) is 26.5. The van der Waals surface area contributed by atoms with E-state index in [9.17, 15) is 14.9 Å². The van der Waals surface area contributed by atoms with Gasteiger partial charge in [-0.15, -0.1) is 0 Å². The van der Waals surface area contributed by atoms with Gasteiger partial charge in [0.2, 0.25) is 0 Å². The Bertz CT molecular complexity index is 1010. The first-order valence-corrected chi connectivity index (χ1v) is 10.6. The number of thiophene rings is 1. The van der Waals surface area contributed by atoms with Crippen LogP contribution < -0.4 is 9.50 Å². The molecule has 0 bridgehead atoms. The van der Waals surface area contributed by atoms with E-state index in [4.69, 9.17) is 9.29 Å². The van der Waals surface area contributed by atoms with Gasteiger partial charge in [0.05, 0.1) is 27.8 Å². The summed E-state index contributed by atoms with van der Waals surface area (Å²) in [6.07, 6.45) is 2.03. The van der Waals surface area contributed by atoms with Gasteiger partial charge in [-0.05, 0) is 48.6 Å². The third-order valence-electron chi connectivity index (χ3n) is 4.13. The third kappa shape index (κ3) is 5.78. The molecule has 156 valence electrons. The molecule has 2 heterocycles. The van der Waals surface area contributed by atoms with Gasteiger partial charge in [-0.1, -0.05) is 35.1 Å². The molecule has 0 aliphatic heterocycles. The second-order valence-electron chi connectivity index (χ2n) is 6.38. The summed E-state index contributed by atoms with van der Waals surface area (Å²) in [5, 5.41) is 24.1. The van der Waals surface area contributed by atoms with E-state index < -0.39 is 12.5 Å². The van der Waals surface area contributed by atoms with E-state index in [2.05, 4.69) is 10.3 Å². The van der Waals surface area contributed by atoms with Crippen LogP contribution in [0.2, 0.25) is 0 Å². The summed E-state index contributed by atoms with van der Waals surface area (Å²) in [7, 11) is 0.